The van der Waals surface area contributed by atoms with Crippen LogP contribution in [0, 0.1) is 0 Å². The second-order valence-electron chi connectivity index (χ2n) is 3.29. The maximum atomic E-state index is 9.27. The van der Waals surface area contributed by atoms with E-state index in [9.17, 15) is 5.11 Å². The van der Waals surface area contributed by atoms with Crippen LogP contribution in [0.1, 0.15) is 5.56 Å². The van der Waals surface area contributed by atoms with Crippen molar-refractivity contribution in [3.05, 3.63) is 48.3 Å². The van der Waals surface area contributed by atoms with E-state index in [2.05, 4.69) is 4.98 Å². The number of nitrogens with zero attached hydrogens (tertiary/aromatic N) is 1. The van der Waals surface area contributed by atoms with Crippen LogP contribution in [-0.2, 0) is 6.61 Å². The fraction of sp³-hybridized carbons (Fsp3) is 0.0833. The highest BCUT2D eigenvalue weighted by Gasteiger charge is 1.99. The van der Waals surface area contributed by atoms with Gasteiger partial charge in [-0.25, -0.2) is 0 Å². The van der Waals surface area contributed by atoms with Gasteiger partial charge >= 0.3 is 0 Å². The third kappa shape index (κ3) is 2.14. The van der Waals surface area contributed by atoms with Gasteiger partial charge in [-0.1, -0.05) is 24.3 Å². The molecular formula is C12H11NO2. The molecule has 15 heavy (non-hydrogen) atoms. The normalized spacial score (nSPS) is 10.2. The van der Waals surface area contributed by atoms with Crippen LogP contribution in [0.2, 0.25) is 0 Å². The van der Waals surface area contributed by atoms with E-state index < -0.39 is 0 Å². The van der Waals surface area contributed by atoms with Crippen molar-refractivity contribution in [3.8, 4) is 16.9 Å². The first-order chi connectivity index (χ1) is 7.29. The van der Waals surface area contributed by atoms with Crippen LogP contribution in [0.25, 0.3) is 11.1 Å². The molecule has 2 rings (SSSR count). The molecule has 0 aliphatic rings. The average molecular weight is 201 g/mol. The van der Waals surface area contributed by atoms with Crippen molar-refractivity contribution in [3.63, 3.8) is 0 Å². The Balaban J connectivity index is 2.37. The first-order valence-corrected chi connectivity index (χ1v) is 4.64. The number of aromatic hydroxyl groups is 1. The quantitative estimate of drug-likeness (QED) is 0.780. The number of pyridine rings is 1. The van der Waals surface area contributed by atoms with Crippen molar-refractivity contribution in [2.24, 2.45) is 0 Å². The van der Waals surface area contributed by atoms with Crippen LogP contribution in [-0.4, -0.2) is 15.2 Å². The number of benzene rings is 1. The van der Waals surface area contributed by atoms with Gasteiger partial charge in [-0.3, -0.25) is 4.98 Å². The van der Waals surface area contributed by atoms with Gasteiger partial charge in [0.15, 0.2) is 0 Å². The van der Waals surface area contributed by atoms with Gasteiger partial charge in [0.2, 0.25) is 0 Å². The molecule has 0 saturated carbocycles. The second kappa shape index (κ2) is 4.11. The number of hydrogen-bond acceptors (Lipinski definition) is 3. The van der Waals surface area contributed by atoms with Crippen molar-refractivity contribution in [2.45, 2.75) is 6.61 Å². The number of aliphatic hydroxyl groups excluding tert-OH is 1. The fourth-order valence-electron chi connectivity index (χ4n) is 1.39. The van der Waals surface area contributed by atoms with E-state index in [1.807, 2.05) is 24.3 Å². The average Bonchev–Trinajstić information content (AvgIpc) is 2.29. The molecule has 0 saturated heterocycles. The molecule has 2 N–H and O–H groups in total. The molecule has 0 amide bonds. The monoisotopic (exact) mass is 201 g/mol. The third-order valence-electron chi connectivity index (χ3n) is 2.19. The van der Waals surface area contributed by atoms with E-state index in [0.717, 1.165) is 16.7 Å². The summed E-state index contributed by atoms with van der Waals surface area (Å²) in [6.45, 7) is 0.0402. The topological polar surface area (TPSA) is 53.4 Å². The lowest BCUT2D eigenvalue weighted by atomic mass is 10.1. The summed E-state index contributed by atoms with van der Waals surface area (Å²) in [5.41, 5.74) is 2.70. The Morgan fingerprint density at radius 1 is 1.00 bits per heavy atom. The van der Waals surface area contributed by atoms with Crippen molar-refractivity contribution in [2.75, 3.05) is 0 Å². The van der Waals surface area contributed by atoms with Crippen molar-refractivity contribution >= 4 is 0 Å². The van der Waals surface area contributed by atoms with Gasteiger partial charge in [-0.15, -0.1) is 0 Å². The second-order valence-corrected chi connectivity index (χ2v) is 3.29. The van der Waals surface area contributed by atoms with E-state index in [1.54, 1.807) is 12.3 Å². The molecule has 3 heteroatoms. The van der Waals surface area contributed by atoms with Gasteiger partial charge < -0.3 is 10.2 Å². The van der Waals surface area contributed by atoms with E-state index in [1.165, 1.54) is 6.20 Å². The van der Waals surface area contributed by atoms with Gasteiger partial charge in [-0.2, -0.15) is 0 Å². The Bertz CT molecular complexity index is 451. The van der Waals surface area contributed by atoms with Gasteiger partial charge in [0, 0.05) is 11.8 Å². The zero-order chi connectivity index (χ0) is 10.7. The van der Waals surface area contributed by atoms with Crippen LogP contribution < -0.4 is 0 Å². The molecule has 0 aliphatic carbocycles. The molecule has 0 aliphatic heterocycles. The van der Waals surface area contributed by atoms with Crippen molar-refractivity contribution in [1.29, 1.82) is 0 Å². The standard InChI is InChI=1S/C12H11NO2/c14-8-9-1-3-10(4-2-9)11-5-12(15)7-13-6-11/h1-7,14-15H,8H2. The predicted octanol–water partition coefficient (Wildman–Crippen LogP) is 1.95. The van der Waals surface area contributed by atoms with Crippen molar-refractivity contribution < 1.29 is 10.2 Å². The minimum atomic E-state index is 0.0402. The molecule has 1 aromatic heterocycles. The maximum Gasteiger partial charge on any atom is 0.134 e. The molecule has 3 nitrogen and oxygen atoms in total. The van der Waals surface area contributed by atoms with Crippen LogP contribution in [0.4, 0.5) is 0 Å². The lowest BCUT2D eigenvalue weighted by molar-refractivity contribution is 0.282. The Kier molecular flexibility index (Phi) is 2.65. The van der Waals surface area contributed by atoms with Crippen LogP contribution in [0.3, 0.4) is 0 Å². The highest BCUT2D eigenvalue weighted by atomic mass is 16.3. The minimum Gasteiger partial charge on any atom is -0.506 e. The van der Waals surface area contributed by atoms with Gasteiger partial charge in [-0.05, 0) is 17.2 Å². The molecule has 1 aromatic carbocycles. The number of aliphatic hydroxyl groups is 1. The molecule has 1 heterocycles. The Labute approximate surface area is 87.7 Å². The molecule has 0 radical (unpaired) electrons. The van der Waals surface area contributed by atoms with E-state index >= 15 is 0 Å². The zero-order valence-electron chi connectivity index (χ0n) is 8.09. The maximum absolute atomic E-state index is 9.27. The van der Waals surface area contributed by atoms with Crippen LogP contribution >= 0.6 is 0 Å². The molecule has 0 atom stereocenters. The Morgan fingerprint density at radius 2 is 1.73 bits per heavy atom. The lowest BCUT2D eigenvalue weighted by Gasteiger charge is -2.02. The largest absolute Gasteiger partial charge is 0.506 e. The Hall–Kier alpha value is -1.87. The summed E-state index contributed by atoms with van der Waals surface area (Å²) in [6.07, 6.45) is 3.08. The number of rotatable bonds is 2. The first kappa shape index (κ1) is 9.68. The summed E-state index contributed by atoms with van der Waals surface area (Å²) in [5, 5.41) is 18.2. The van der Waals surface area contributed by atoms with Gasteiger partial charge in [0.25, 0.3) is 0 Å². The summed E-state index contributed by atoms with van der Waals surface area (Å²) in [4.78, 5) is 3.90. The minimum absolute atomic E-state index is 0.0402. The molecular weight excluding hydrogens is 190 g/mol. The molecule has 76 valence electrons. The molecule has 0 fully saturated rings. The highest BCUT2D eigenvalue weighted by Crippen LogP contribution is 2.22. The van der Waals surface area contributed by atoms with Crippen LogP contribution in [0.5, 0.6) is 5.75 Å². The molecule has 0 bridgehead atoms. The Morgan fingerprint density at radius 3 is 2.33 bits per heavy atom. The number of aromatic nitrogens is 1. The first-order valence-electron chi connectivity index (χ1n) is 4.64. The van der Waals surface area contributed by atoms with E-state index in [-0.39, 0.29) is 12.4 Å². The molecule has 0 spiro atoms. The summed E-state index contributed by atoms with van der Waals surface area (Å²) < 4.78 is 0. The summed E-state index contributed by atoms with van der Waals surface area (Å²) >= 11 is 0. The van der Waals surface area contributed by atoms with E-state index in [0.29, 0.717) is 0 Å². The van der Waals surface area contributed by atoms with Crippen LogP contribution in [0.15, 0.2) is 42.7 Å². The third-order valence-corrected chi connectivity index (χ3v) is 2.19. The summed E-state index contributed by atoms with van der Waals surface area (Å²) in [5.74, 6) is 0.152. The molecule has 0 unspecified atom stereocenters. The summed E-state index contributed by atoms with van der Waals surface area (Å²) in [7, 11) is 0. The van der Waals surface area contributed by atoms with E-state index in [4.69, 9.17) is 5.11 Å². The van der Waals surface area contributed by atoms with Gasteiger partial charge in [0.1, 0.15) is 5.75 Å². The number of hydrogen-bond donors (Lipinski definition) is 2. The fourth-order valence-corrected chi connectivity index (χ4v) is 1.39. The molecule has 2 aromatic rings. The lowest BCUT2D eigenvalue weighted by Crippen LogP contribution is -1.83. The highest BCUT2D eigenvalue weighted by molar-refractivity contribution is 5.63. The smallest absolute Gasteiger partial charge is 0.134 e. The zero-order valence-corrected chi connectivity index (χ0v) is 8.09. The summed E-state index contributed by atoms with van der Waals surface area (Å²) in [6, 6.07) is 9.13. The SMILES string of the molecule is OCc1ccc(-c2cncc(O)c2)cc1. The predicted molar refractivity (Wildman–Crippen MR) is 57.3 cm³/mol. The van der Waals surface area contributed by atoms with Gasteiger partial charge in [0.05, 0.1) is 12.8 Å². The van der Waals surface area contributed by atoms with Crippen molar-refractivity contribution in [1.82, 2.24) is 4.98 Å².